The number of nitrogens with zero attached hydrogens (tertiary/aromatic N) is 4. The van der Waals surface area contributed by atoms with E-state index in [1.54, 1.807) is 40.9 Å². The number of methoxy groups -OCH3 is 1. The molecule has 0 bridgehead atoms. The van der Waals surface area contributed by atoms with Crippen molar-refractivity contribution in [3.63, 3.8) is 0 Å². The first kappa shape index (κ1) is 29.6. The third-order valence-electron chi connectivity index (χ3n) is 5.82. The molecule has 0 radical (unpaired) electrons. The Hall–Kier alpha value is -3.93. The van der Waals surface area contributed by atoms with Gasteiger partial charge in [0.15, 0.2) is 11.6 Å². The maximum absolute atomic E-state index is 13.9. The topological polar surface area (TPSA) is 102 Å². The van der Waals surface area contributed by atoms with E-state index in [1.807, 2.05) is 11.8 Å². The summed E-state index contributed by atoms with van der Waals surface area (Å²) < 4.78 is 52.6. The molecule has 0 saturated heterocycles. The number of amides is 2. The summed E-state index contributed by atoms with van der Waals surface area (Å²) >= 11 is 0. The van der Waals surface area contributed by atoms with E-state index in [0.717, 1.165) is 6.07 Å². The minimum Gasteiger partial charge on any atom is -0.488 e. The maximum atomic E-state index is 13.9. The molecule has 0 saturated carbocycles. The first-order valence-corrected chi connectivity index (χ1v) is 12.2. The molecular formula is C27H33F3N6O3. The van der Waals surface area contributed by atoms with Crippen LogP contribution in [-0.4, -0.2) is 60.2 Å². The second kappa shape index (κ2) is 11.9. The monoisotopic (exact) mass is 546 g/mol. The number of benzene rings is 1. The third-order valence-corrected chi connectivity index (χ3v) is 5.82. The molecule has 0 aliphatic rings. The molecule has 39 heavy (non-hydrogen) atoms. The molecule has 0 aliphatic carbocycles. The van der Waals surface area contributed by atoms with Crippen LogP contribution < -0.4 is 20.1 Å². The molecule has 1 aromatic carbocycles. The predicted octanol–water partition coefficient (Wildman–Crippen LogP) is 5.76. The van der Waals surface area contributed by atoms with Crippen molar-refractivity contribution >= 4 is 17.4 Å². The van der Waals surface area contributed by atoms with Gasteiger partial charge in [0.2, 0.25) is 0 Å². The molecule has 2 heterocycles. The fraction of sp³-hybridized carbons (Fsp3) is 0.407. The van der Waals surface area contributed by atoms with E-state index in [2.05, 4.69) is 25.6 Å². The third kappa shape index (κ3) is 7.34. The summed E-state index contributed by atoms with van der Waals surface area (Å²) in [5.74, 6) is 1.12. The van der Waals surface area contributed by atoms with Gasteiger partial charge in [-0.25, -0.2) is 19.7 Å². The summed E-state index contributed by atoms with van der Waals surface area (Å²) in [6.07, 6.45) is -1.64. The number of pyridine rings is 1. The fourth-order valence-corrected chi connectivity index (χ4v) is 4.30. The highest BCUT2D eigenvalue weighted by atomic mass is 19.4. The molecule has 3 aromatic rings. The zero-order valence-corrected chi connectivity index (χ0v) is 23.0. The van der Waals surface area contributed by atoms with Crippen LogP contribution in [0.2, 0.25) is 0 Å². The normalized spacial score (nSPS) is 11.9. The molecule has 0 atom stereocenters. The first-order valence-electron chi connectivity index (χ1n) is 12.2. The highest BCUT2D eigenvalue weighted by molar-refractivity contribution is 6.00. The van der Waals surface area contributed by atoms with Gasteiger partial charge >= 0.3 is 12.2 Å². The highest BCUT2D eigenvalue weighted by Crippen LogP contribution is 2.39. The average Bonchev–Trinajstić information content (AvgIpc) is 2.84. The molecule has 3 rings (SSSR count). The Balaban J connectivity index is 1.80. The van der Waals surface area contributed by atoms with Crippen molar-refractivity contribution in [2.24, 2.45) is 0 Å². The summed E-state index contributed by atoms with van der Waals surface area (Å²) in [6.45, 7) is 7.85. The van der Waals surface area contributed by atoms with Crippen LogP contribution in [-0.2, 0) is 11.6 Å². The summed E-state index contributed by atoms with van der Waals surface area (Å²) in [5, 5.41) is 5.07. The Morgan fingerprint density at radius 2 is 1.77 bits per heavy atom. The number of carbonyl (C=O) groups is 1. The zero-order chi connectivity index (χ0) is 29.0. The van der Waals surface area contributed by atoms with Gasteiger partial charge in [0.1, 0.15) is 0 Å². The van der Waals surface area contributed by atoms with Crippen molar-refractivity contribution in [2.75, 3.05) is 45.0 Å². The number of alkyl halides is 3. The zero-order valence-electron chi connectivity index (χ0n) is 23.0. The number of likely N-dealkylation sites (N-methyl/N-ethyl adjacent to an activating group) is 1. The molecule has 0 fully saturated rings. The molecule has 2 N–H and O–H groups in total. The lowest BCUT2D eigenvalue weighted by Gasteiger charge is -2.31. The number of aromatic nitrogens is 3. The van der Waals surface area contributed by atoms with E-state index in [-0.39, 0.29) is 11.3 Å². The van der Waals surface area contributed by atoms with Gasteiger partial charge in [0.25, 0.3) is 5.88 Å². The Kier molecular flexibility index (Phi) is 9.00. The van der Waals surface area contributed by atoms with Crippen molar-refractivity contribution in [2.45, 2.75) is 39.3 Å². The molecule has 12 heteroatoms. The van der Waals surface area contributed by atoms with Crippen molar-refractivity contribution < 1.29 is 27.4 Å². The van der Waals surface area contributed by atoms with E-state index in [4.69, 9.17) is 9.47 Å². The van der Waals surface area contributed by atoms with Gasteiger partial charge in [-0.1, -0.05) is 19.9 Å². The fourth-order valence-electron chi connectivity index (χ4n) is 4.30. The average molecular weight is 547 g/mol. The number of halogens is 3. The summed E-state index contributed by atoms with van der Waals surface area (Å²) in [5.41, 5.74) is -0.0926. The Bertz CT molecular complexity index is 1330. The number of urea groups is 1. The number of ether oxygens (including phenoxy) is 2. The van der Waals surface area contributed by atoms with E-state index < -0.39 is 23.2 Å². The lowest BCUT2D eigenvalue weighted by molar-refractivity contribution is -0.138. The minimum absolute atomic E-state index is 0.00665. The number of aryl methyl sites for hydroxylation is 1. The van der Waals surface area contributed by atoms with Gasteiger partial charge in [-0.05, 0) is 51.7 Å². The van der Waals surface area contributed by atoms with Gasteiger partial charge < -0.3 is 25.0 Å². The SMILES string of the molecule is CCOc1cc(-c2ncc(NC(=O)Nc3ccc(C(C)(C)CN(C)C)c(C(F)(F)F)c3)c(C)n2)cnc1OC. The van der Waals surface area contributed by atoms with Gasteiger partial charge in [-0.3, -0.25) is 0 Å². The van der Waals surface area contributed by atoms with Crippen LogP contribution in [0.1, 0.15) is 37.6 Å². The molecule has 210 valence electrons. The van der Waals surface area contributed by atoms with E-state index >= 15 is 0 Å². The highest BCUT2D eigenvalue weighted by Gasteiger charge is 2.38. The number of hydrogen-bond acceptors (Lipinski definition) is 7. The van der Waals surface area contributed by atoms with Gasteiger partial charge in [-0.15, -0.1) is 0 Å². The molecular weight excluding hydrogens is 513 g/mol. The molecule has 0 spiro atoms. The van der Waals surface area contributed by atoms with Crippen LogP contribution in [0.3, 0.4) is 0 Å². The van der Waals surface area contributed by atoms with Gasteiger partial charge in [-0.2, -0.15) is 13.2 Å². The lowest BCUT2D eigenvalue weighted by Crippen LogP contribution is -2.34. The second-order valence-electron chi connectivity index (χ2n) is 9.82. The second-order valence-corrected chi connectivity index (χ2v) is 9.82. The first-order chi connectivity index (χ1) is 18.2. The van der Waals surface area contributed by atoms with Crippen molar-refractivity contribution in [3.05, 3.63) is 53.5 Å². The van der Waals surface area contributed by atoms with E-state index in [0.29, 0.717) is 47.6 Å². The molecule has 0 unspecified atom stereocenters. The Morgan fingerprint density at radius 3 is 2.36 bits per heavy atom. The van der Waals surface area contributed by atoms with Crippen LogP contribution in [0.25, 0.3) is 11.4 Å². The Labute approximate surface area is 225 Å². The largest absolute Gasteiger partial charge is 0.488 e. The van der Waals surface area contributed by atoms with Crippen LogP contribution in [0.4, 0.5) is 29.3 Å². The van der Waals surface area contributed by atoms with Crippen LogP contribution in [0, 0.1) is 6.92 Å². The van der Waals surface area contributed by atoms with E-state index in [1.165, 1.54) is 31.6 Å². The van der Waals surface area contributed by atoms with Gasteiger partial charge in [0.05, 0.1) is 36.9 Å². The lowest BCUT2D eigenvalue weighted by atomic mass is 9.81. The standard InChI is InChI=1S/C27H33F3N6O3/c1-8-39-22-11-17(13-32-24(22)38-7)23-31-14-21(16(2)33-23)35-25(37)34-18-9-10-19(20(12-18)27(28,29)30)26(3,4)15-36(5)6/h9-14H,8,15H2,1-7H3,(H2,34,35,37). The smallest absolute Gasteiger partial charge is 0.416 e. The summed E-state index contributed by atoms with van der Waals surface area (Å²) in [6, 6.07) is 4.79. The van der Waals surface area contributed by atoms with Crippen LogP contribution in [0.15, 0.2) is 36.7 Å². The van der Waals surface area contributed by atoms with Crippen molar-refractivity contribution in [1.82, 2.24) is 19.9 Å². The van der Waals surface area contributed by atoms with Crippen molar-refractivity contribution in [3.8, 4) is 23.0 Å². The number of hydrogen-bond donors (Lipinski definition) is 2. The molecule has 2 aromatic heterocycles. The number of nitrogens with one attached hydrogen (secondary N) is 2. The minimum atomic E-state index is -4.59. The number of carbonyl (C=O) groups excluding carboxylic acids is 1. The van der Waals surface area contributed by atoms with Crippen LogP contribution >= 0.6 is 0 Å². The summed E-state index contributed by atoms with van der Waals surface area (Å²) in [4.78, 5) is 27.4. The van der Waals surface area contributed by atoms with Crippen molar-refractivity contribution in [1.29, 1.82) is 0 Å². The predicted molar refractivity (Wildman–Crippen MR) is 143 cm³/mol. The van der Waals surface area contributed by atoms with E-state index in [9.17, 15) is 18.0 Å². The number of anilines is 2. The maximum Gasteiger partial charge on any atom is 0.416 e. The number of rotatable bonds is 9. The quantitative estimate of drug-likeness (QED) is 0.352. The van der Waals surface area contributed by atoms with Crippen LogP contribution in [0.5, 0.6) is 11.6 Å². The molecule has 9 nitrogen and oxygen atoms in total. The van der Waals surface area contributed by atoms with Gasteiger partial charge in [0, 0.05) is 29.4 Å². The molecule has 2 amide bonds. The Morgan fingerprint density at radius 1 is 1.05 bits per heavy atom. The molecule has 0 aliphatic heterocycles. The summed E-state index contributed by atoms with van der Waals surface area (Å²) in [7, 11) is 5.10.